The topological polar surface area (TPSA) is 139 Å². The molecule has 0 bridgehead atoms. The second kappa shape index (κ2) is 14.9. The number of hydrogen-bond donors (Lipinski definition) is 0. The number of hydrogen-bond acceptors (Lipinski definition) is 12. The predicted molar refractivity (Wildman–Crippen MR) is 147 cm³/mol. The number of benzene rings is 2. The van der Waals surface area contributed by atoms with Gasteiger partial charge in [0, 0.05) is 36.2 Å². The molecule has 1 aliphatic rings. The third-order valence-electron chi connectivity index (χ3n) is 5.42. The summed E-state index contributed by atoms with van der Waals surface area (Å²) in [6.07, 6.45) is -5.66. The molecule has 0 spiro atoms. The van der Waals surface area contributed by atoms with Gasteiger partial charge < -0.3 is 23.7 Å². The lowest BCUT2D eigenvalue weighted by Gasteiger charge is -2.44. The second-order valence-electron chi connectivity index (χ2n) is 8.84. The predicted octanol–water partition coefficient (Wildman–Crippen LogP) is 5.44. The summed E-state index contributed by atoms with van der Waals surface area (Å²) in [6, 6.07) is 3.52. The van der Waals surface area contributed by atoms with Gasteiger partial charge in [-0.2, -0.15) is 0 Å². The Kier molecular flexibility index (Phi) is 11.9. The molecule has 1 heterocycles. The van der Waals surface area contributed by atoms with Gasteiger partial charge in [0.25, 0.3) is 0 Å². The van der Waals surface area contributed by atoms with Crippen molar-refractivity contribution in [1.82, 2.24) is 0 Å². The SMILES string of the molecule is CC(=O)OC[C@H]1O[C@@H](Sc2cc(F)c(N=Nc3c(F)cc(I)cc3F)c(F)c2)[C@H](OC(C)=O)[C@@H](OC(C)=O)[C@@H]1OC(C)=O. The summed E-state index contributed by atoms with van der Waals surface area (Å²) >= 11 is 2.29. The Labute approximate surface area is 259 Å². The van der Waals surface area contributed by atoms with Gasteiger partial charge in [0.15, 0.2) is 53.0 Å². The first-order valence-corrected chi connectivity index (χ1v) is 14.1. The largest absolute Gasteiger partial charge is 0.463 e. The molecule has 43 heavy (non-hydrogen) atoms. The summed E-state index contributed by atoms with van der Waals surface area (Å²) in [4.78, 5) is 47.1. The van der Waals surface area contributed by atoms with Crippen molar-refractivity contribution in [3.63, 3.8) is 0 Å². The third kappa shape index (κ3) is 9.33. The summed E-state index contributed by atoms with van der Waals surface area (Å²) in [7, 11) is 0. The fourth-order valence-corrected chi connectivity index (χ4v) is 5.55. The molecule has 1 aliphatic heterocycles. The number of carbonyl (C=O) groups is 4. The van der Waals surface area contributed by atoms with E-state index in [9.17, 15) is 36.7 Å². The second-order valence-corrected chi connectivity index (χ2v) is 11.3. The van der Waals surface area contributed by atoms with E-state index in [2.05, 4.69) is 10.2 Å². The smallest absolute Gasteiger partial charge is 0.303 e. The van der Waals surface area contributed by atoms with Crippen molar-refractivity contribution in [2.24, 2.45) is 10.2 Å². The lowest BCUT2D eigenvalue weighted by molar-refractivity contribution is -0.237. The molecule has 0 aromatic heterocycles. The van der Waals surface area contributed by atoms with Gasteiger partial charge in [0.1, 0.15) is 18.1 Å². The zero-order valence-electron chi connectivity index (χ0n) is 22.8. The number of halogens is 5. The van der Waals surface area contributed by atoms with E-state index >= 15 is 0 Å². The first-order chi connectivity index (χ1) is 20.2. The fourth-order valence-electron chi connectivity index (χ4n) is 3.85. The normalized spacial score (nSPS) is 21.7. The van der Waals surface area contributed by atoms with Crippen molar-refractivity contribution in [3.8, 4) is 0 Å². The minimum absolute atomic E-state index is 0.151. The van der Waals surface area contributed by atoms with Crippen LogP contribution < -0.4 is 0 Å². The van der Waals surface area contributed by atoms with E-state index in [-0.39, 0.29) is 8.47 Å². The summed E-state index contributed by atoms with van der Waals surface area (Å²) in [6.45, 7) is 3.74. The van der Waals surface area contributed by atoms with E-state index in [4.69, 9.17) is 23.7 Å². The standard InChI is InChI=1S/C26H23F4IN2O9S/c1-10(34)38-9-20-23(39-11(2)35)24(40-12(3)36)25(41-13(4)37)26(42-20)43-15-7-18(29)22(19(30)8-15)33-32-21-16(27)5-14(31)6-17(21)28/h5-8,20,23-26H,9H2,1-4H3/t20-,23-,24+,25-,26+/m1/s1. The molecular weight excluding hydrogens is 719 g/mol. The third-order valence-corrected chi connectivity index (χ3v) is 7.16. The molecule has 3 rings (SSSR count). The highest BCUT2D eigenvalue weighted by Gasteiger charge is 2.52. The lowest BCUT2D eigenvalue weighted by Crippen LogP contribution is -2.61. The van der Waals surface area contributed by atoms with Crippen molar-refractivity contribution in [1.29, 1.82) is 0 Å². The van der Waals surface area contributed by atoms with Gasteiger partial charge in [0.2, 0.25) is 0 Å². The summed E-state index contributed by atoms with van der Waals surface area (Å²) in [5.74, 6) is -8.01. The number of carbonyl (C=O) groups excluding carboxylic acids is 4. The van der Waals surface area contributed by atoms with Crippen molar-refractivity contribution < 1.29 is 60.4 Å². The molecule has 17 heteroatoms. The zero-order valence-corrected chi connectivity index (χ0v) is 25.7. The average Bonchev–Trinajstić information content (AvgIpc) is 2.86. The summed E-state index contributed by atoms with van der Waals surface area (Å²) in [5.41, 5.74) is -3.17. The Morgan fingerprint density at radius 1 is 0.744 bits per heavy atom. The minimum Gasteiger partial charge on any atom is -0.463 e. The highest BCUT2D eigenvalue weighted by Crippen LogP contribution is 2.39. The molecule has 11 nitrogen and oxygen atoms in total. The Bertz CT molecular complexity index is 1400. The van der Waals surface area contributed by atoms with Gasteiger partial charge >= 0.3 is 23.9 Å². The van der Waals surface area contributed by atoms with Crippen LogP contribution in [0.15, 0.2) is 39.4 Å². The monoisotopic (exact) mass is 742 g/mol. The number of thioether (sulfide) groups is 1. The fraction of sp³-hybridized carbons (Fsp3) is 0.385. The van der Waals surface area contributed by atoms with Crippen molar-refractivity contribution >= 4 is 69.6 Å². The molecule has 1 saturated heterocycles. The molecule has 0 N–H and O–H groups in total. The Balaban J connectivity index is 1.98. The maximum Gasteiger partial charge on any atom is 0.303 e. The van der Waals surface area contributed by atoms with Crippen LogP contribution in [0.1, 0.15) is 27.7 Å². The maximum atomic E-state index is 15.0. The van der Waals surface area contributed by atoms with Crippen LogP contribution in [0.2, 0.25) is 0 Å². The molecule has 0 aliphatic carbocycles. The molecule has 2 aromatic carbocycles. The summed E-state index contributed by atoms with van der Waals surface area (Å²) < 4.78 is 85.2. The molecule has 0 amide bonds. The highest BCUT2D eigenvalue weighted by atomic mass is 127. The van der Waals surface area contributed by atoms with Gasteiger partial charge in [-0.15, -0.1) is 10.2 Å². The number of rotatable bonds is 9. The van der Waals surface area contributed by atoms with Crippen LogP contribution in [-0.4, -0.2) is 60.3 Å². The van der Waals surface area contributed by atoms with E-state index < -0.39 is 95.0 Å². The van der Waals surface area contributed by atoms with E-state index in [0.717, 1.165) is 52.0 Å². The van der Waals surface area contributed by atoms with E-state index in [1.54, 1.807) is 22.6 Å². The van der Waals surface area contributed by atoms with E-state index in [1.807, 2.05) is 0 Å². The van der Waals surface area contributed by atoms with Gasteiger partial charge in [-0.3, -0.25) is 19.2 Å². The van der Waals surface area contributed by atoms with Crippen LogP contribution >= 0.6 is 34.4 Å². The van der Waals surface area contributed by atoms with Crippen LogP contribution in [0, 0.1) is 26.8 Å². The van der Waals surface area contributed by atoms with Gasteiger partial charge in [-0.05, 0) is 46.9 Å². The molecule has 2 aromatic rings. The van der Waals surface area contributed by atoms with E-state index in [0.29, 0.717) is 11.8 Å². The van der Waals surface area contributed by atoms with Crippen LogP contribution in [0.25, 0.3) is 0 Å². The highest BCUT2D eigenvalue weighted by molar-refractivity contribution is 14.1. The molecule has 232 valence electrons. The Morgan fingerprint density at radius 2 is 1.19 bits per heavy atom. The quantitative estimate of drug-likeness (QED) is 0.107. The van der Waals surface area contributed by atoms with Crippen LogP contribution in [0.5, 0.6) is 0 Å². The number of esters is 4. The van der Waals surface area contributed by atoms with Crippen LogP contribution in [-0.2, 0) is 42.9 Å². The number of ether oxygens (including phenoxy) is 5. The molecule has 1 fully saturated rings. The van der Waals surface area contributed by atoms with Gasteiger partial charge in [-0.1, -0.05) is 11.8 Å². The van der Waals surface area contributed by atoms with Gasteiger partial charge in [0.05, 0.1) is 0 Å². The minimum atomic E-state index is -1.49. The van der Waals surface area contributed by atoms with Crippen molar-refractivity contribution in [2.45, 2.75) is 62.4 Å². The van der Waals surface area contributed by atoms with Crippen LogP contribution in [0.4, 0.5) is 28.9 Å². The van der Waals surface area contributed by atoms with Crippen molar-refractivity contribution in [3.05, 3.63) is 51.1 Å². The first kappa shape index (κ1) is 34.2. The molecule has 0 saturated carbocycles. The number of nitrogens with zero attached hydrogens (tertiary/aromatic N) is 2. The molecular formula is C26H23F4IN2O9S. The molecule has 0 unspecified atom stereocenters. The van der Waals surface area contributed by atoms with Crippen molar-refractivity contribution in [2.75, 3.05) is 6.61 Å². The lowest BCUT2D eigenvalue weighted by atomic mass is 9.99. The average molecular weight is 742 g/mol. The summed E-state index contributed by atoms with van der Waals surface area (Å²) in [5, 5.41) is 6.65. The van der Waals surface area contributed by atoms with Gasteiger partial charge in [-0.25, -0.2) is 17.6 Å². The maximum absolute atomic E-state index is 15.0. The number of azo groups is 1. The first-order valence-electron chi connectivity index (χ1n) is 12.2. The molecule has 5 atom stereocenters. The van der Waals surface area contributed by atoms with E-state index in [1.165, 1.54) is 0 Å². The Hall–Kier alpha value is -3.32. The zero-order chi connectivity index (χ0) is 32.0. The Morgan fingerprint density at radius 3 is 1.65 bits per heavy atom. The molecule has 0 radical (unpaired) electrons. The van der Waals surface area contributed by atoms with Crippen LogP contribution in [0.3, 0.4) is 0 Å².